The molecule has 26 heavy (non-hydrogen) atoms. The third-order valence-electron chi connectivity index (χ3n) is 3.93. The number of methoxy groups -OCH3 is 1. The number of carboxylic acid groups (broad SMARTS) is 1. The average Bonchev–Trinajstić information content (AvgIpc) is 3.12. The number of carboxylic acids is 1. The first kappa shape index (κ1) is 19.2. The maximum atomic E-state index is 11.1. The van der Waals surface area contributed by atoms with E-state index in [9.17, 15) is 4.79 Å². The number of hydrogen-bond acceptors (Lipinski definition) is 5. The molecule has 1 aliphatic heterocycles. The Hall–Kier alpha value is -1.60. The van der Waals surface area contributed by atoms with Crippen LogP contribution < -0.4 is 14.8 Å². The molecule has 8 heteroatoms. The molecular weight excluding hydrogens is 397 g/mol. The highest BCUT2D eigenvalue weighted by Gasteiger charge is 2.31. The van der Waals surface area contributed by atoms with E-state index in [4.69, 9.17) is 37.8 Å². The molecule has 0 amide bonds. The van der Waals surface area contributed by atoms with Gasteiger partial charge in [0.2, 0.25) is 0 Å². The highest BCUT2D eigenvalue weighted by Crippen LogP contribution is 2.42. The van der Waals surface area contributed by atoms with Gasteiger partial charge in [0.05, 0.1) is 17.5 Å². The molecule has 3 rings (SSSR count). The van der Waals surface area contributed by atoms with Crippen LogP contribution in [0.3, 0.4) is 0 Å². The molecule has 1 fully saturated rings. The van der Waals surface area contributed by atoms with Crippen LogP contribution in [0.25, 0.3) is 0 Å². The lowest BCUT2D eigenvalue weighted by molar-refractivity contribution is -0.138. The lowest BCUT2D eigenvalue weighted by Crippen LogP contribution is -2.33. The molecule has 2 aromatic carbocycles. The Morgan fingerprint density at radius 3 is 2.65 bits per heavy atom. The van der Waals surface area contributed by atoms with Crippen LogP contribution in [0, 0.1) is 0 Å². The van der Waals surface area contributed by atoms with E-state index in [2.05, 4.69) is 5.32 Å². The van der Waals surface area contributed by atoms with E-state index >= 15 is 0 Å². The van der Waals surface area contributed by atoms with Gasteiger partial charge in [-0.3, -0.25) is 10.1 Å². The zero-order valence-electron chi connectivity index (χ0n) is 13.9. The van der Waals surface area contributed by atoms with Gasteiger partial charge in [0.25, 0.3) is 0 Å². The molecular formula is C18H17Cl2NO4S. The summed E-state index contributed by atoms with van der Waals surface area (Å²) in [6, 6.07) is 10.4. The minimum atomic E-state index is -0.860. The van der Waals surface area contributed by atoms with Crippen LogP contribution in [0.4, 0.5) is 0 Å². The smallest absolute Gasteiger partial charge is 0.321 e. The zero-order chi connectivity index (χ0) is 18.7. The molecule has 5 nitrogen and oxygen atoms in total. The molecule has 0 saturated carbocycles. The van der Waals surface area contributed by atoms with E-state index < -0.39 is 12.0 Å². The molecule has 2 unspecified atom stereocenters. The van der Waals surface area contributed by atoms with Gasteiger partial charge in [0.15, 0.2) is 11.5 Å². The second kappa shape index (κ2) is 8.39. The molecule has 2 N–H and O–H groups in total. The van der Waals surface area contributed by atoms with Crippen LogP contribution in [0.5, 0.6) is 11.5 Å². The highest BCUT2D eigenvalue weighted by molar-refractivity contribution is 7.99. The van der Waals surface area contributed by atoms with E-state index in [1.165, 1.54) is 11.8 Å². The van der Waals surface area contributed by atoms with Crippen LogP contribution in [-0.4, -0.2) is 30.0 Å². The number of ether oxygens (including phenoxy) is 2. The van der Waals surface area contributed by atoms with Gasteiger partial charge in [0, 0.05) is 10.8 Å². The quantitative estimate of drug-likeness (QED) is 0.732. The van der Waals surface area contributed by atoms with Crippen LogP contribution >= 0.6 is 35.0 Å². The van der Waals surface area contributed by atoms with Crippen LogP contribution in [0.1, 0.15) is 16.5 Å². The third kappa shape index (κ3) is 4.38. The molecule has 0 radical (unpaired) electrons. The minimum Gasteiger partial charge on any atom is -0.493 e. The van der Waals surface area contributed by atoms with Gasteiger partial charge in [0.1, 0.15) is 12.6 Å². The van der Waals surface area contributed by atoms with E-state index in [1.807, 2.05) is 18.2 Å². The van der Waals surface area contributed by atoms with Crippen LogP contribution in [0.15, 0.2) is 36.4 Å². The summed E-state index contributed by atoms with van der Waals surface area (Å²) in [5, 5.41) is 13.1. The summed E-state index contributed by atoms with van der Waals surface area (Å²) in [5.74, 6) is 0.587. The van der Waals surface area contributed by atoms with E-state index in [1.54, 1.807) is 25.3 Å². The number of carbonyl (C=O) groups is 1. The van der Waals surface area contributed by atoms with Gasteiger partial charge in [-0.05, 0) is 35.4 Å². The average molecular weight is 414 g/mol. The molecule has 2 atom stereocenters. The Morgan fingerprint density at radius 2 is 2.04 bits per heavy atom. The Kier molecular flexibility index (Phi) is 6.19. The number of nitrogens with one attached hydrogen (secondary N) is 1. The highest BCUT2D eigenvalue weighted by atomic mass is 35.5. The second-order valence-corrected chi connectivity index (χ2v) is 7.70. The molecule has 2 aromatic rings. The lowest BCUT2D eigenvalue weighted by atomic mass is 10.1. The van der Waals surface area contributed by atoms with Crippen molar-refractivity contribution in [3.8, 4) is 11.5 Å². The van der Waals surface area contributed by atoms with Gasteiger partial charge >= 0.3 is 5.97 Å². The standard InChI is InChI=1S/C18H17Cl2NO4S/c1-24-15-7-11(17-21-14(9-26-17)18(22)23)6-13(20)16(15)25-8-10-2-4-12(19)5-3-10/h2-7,14,17,21H,8-9H2,1H3,(H,22,23). The van der Waals surface area contributed by atoms with Gasteiger partial charge in [-0.25, -0.2) is 0 Å². The van der Waals surface area contributed by atoms with Gasteiger partial charge in [-0.2, -0.15) is 0 Å². The van der Waals surface area contributed by atoms with Crippen LogP contribution in [0.2, 0.25) is 10.0 Å². The first-order valence-electron chi connectivity index (χ1n) is 7.83. The molecule has 0 aliphatic carbocycles. The maximum absolute atomic E-state index is 11.1. The third-order valence-corrected chi connectivity index (χ3v) is 5.73. The summed E-state index contributed by atoms with van der Waals surface area (Å²) < 4.78 is 11.3. The molecule has 1 aliphatic rings. The van der Waals surface area contributed by atoms with Crippen molar-refractivity contribution in [1.82, 2.24) is 5.32 Å². The first-order valence-corrected chi connectivity index (χ1v) is 9.63. The summed E-state index contributed by atoms with van der Waals surface area (Å²) >= 11 is 13.8. The molecule has 138 valence electrons. The number of halogens is 2. The predicted octanol–water partition coefficient (Wildman–Crippen LogP) is 4.37. The molecule has 0 spiro atoms. The molecule has 1 heterocycles. The van der Waals surface area contributed by atoms with E-state index in [0.717, 1.165) is 11.1 Å². The van der Waals surface area contributed by atoms with E-state index in [0.29, 0.717) is 33.9 Å². The number of aliphatic carboxylic acids is 1. The molecule has 0 bridgehead atoms. The predicted molar refractivity (Wildman–Crippen MR) is 104 cm³/mol. The van der Waals surface area contributed by atoms with Crippen LogP contribution in [-0.2, 0) is 11.4 Å². The van der Waals surface area contributed by atoms with Crippen molar-refractivity contribution < 1.29 is 19.4 Å². The molecule has 1 saturated heterocycles. The van der Waals surface area contributed by atoms with Crippen molar-refractivity contribution in [1.29, 1.82) is 0 Å². The van der Waals surface area contributed by atoms with Crippen molar-refractivity contribution in [2.75, 3.05) is 12.9 Å². The first-order chi connectivity index (χ1) is 12.5. The van der Waals surface area contributed by atoms with Crippen molar-refractivity contribution in [3.63, 3.8) is 0 Å². The summed E-state index contributed by atoms with van der Waals surface area (Å²) in [4.78, 5) is 11.1. The maximum Gasteiger partial charge on any atom is 0.321 e. The Balaban J connectivity index is 1.77. The van der Waals surface area contributed by atoms with Gasteiger partial charge in [-0.1, -0.05) is 35.3 Å². The van der Waals surface area contributed by atoms with Crippen molar-refractivity contribution >= 4 is 40.9 Å². The number of thioether (sulfide) groups is 1. The number of benzene rings is 2. The summed E-state index contributed by atoms with van der Waals surface area (Å²) in [6.45, 7) is 0.324. The van der Waals surface area contributed by atoms with Gasteiger partial charge < -0.3 is 14.6 Å². The topological polar surface area (TPSA) is 67.8 Å². The zero-order valence-corrected chi connectivity index (χ0v) is 16.2. The second-order valence-electron chi connectivity index (χ2n) is 5.72. The Labute approximate surface area is 165 Å². The Bertz CT molecular complexity index is 801. The fraction of sp³-hybridized carbons (Fsp3) is 0.278. The summed E-state index contributed by atoms with van der Waals surface area (Å²) in [6.07, 6.45) is 0. The monoisotopic (exact) mass is 413 g/mol. The summed E-state index contributed by atoms with van der Waals surface area (Å²) in [5.41, 5.74) is 1.80. The van der Waals surface area contributed by atoms with Gasteiger partial charge in [-0.15, -0.1) is 11.8 Å². The molecule has 0 aromatic heterocycles. The van der Waals surface area contributed by atoms with E-state index in [-0.39, 0.29) is 5.37 Å². The summed E-state index contributed by atoms with van der Waals surface area (Å²) in [7, 11) is 1.54. The largest absolute Gasteiger partial charge is 0.493 e. The fourth-order valence-corrected chi connectivity index (χ4v) is 4.19. The normalized spacial score (nSPS) is 19.3. The minimum absolute atomic E-state index is 0.159. The Morgan fingerprint density at radius 1 is 1.31 bits per heavy atom. The fourth-order valence-electron chi connectivity index (χ4n) is 2.57. The number of hydrogen-bond donors (Lipinski definition) is 2. The lowest BCUT2D eigenvalue weighted by Gasteiger charge is -2.17. The van der Waals surface area contributed by atoms with Crippen molar-refractivity contribution in [2.45, 2.75) is 18.0 Å². The van der Waals surface area contributed by atoms with Crippen molar-refractivity contribution in [3.05, 3.63) is 57.6 Å². The van der Waals surface area contributed by atoms with Crippen molar-refractivity contribution in [2.24, 2.45) is 0 Å². The number of rotatable bonds is 6. The SMILES string of the molecule is COc1cc(C2NC(C(=O)O)CS2)cc(Cl)c1OCc1ccc(Cl)cc1.